The Morgan fingerprint density at radius 2 is 1.89 bits per heavy atom. The quantitative estimate of drug-likeness (QED) is 0.631. The number of hydrogen-bond acceptors (Lipinski definition) is 6. The number of ether oxygens (including phenoxy) is 1. The monoisotopic (exact) mass is 268 g/mol. The second-order valence-electron chi connectivity index (χ2n) is 4.17. The average Bonchev–Trinajstić information content (AvgIpc) is 2.42. The fraction of sp³-hybridized carbons (Fsp3) is 0.692. The molecule has 19 heavy (non-hydrogen) atoms. The van der Waals surface area contributed by atoms with Crippen molar-refractivity contribution in [3.05, 3.63) is 11.9 Å². The SMILES string of the molecule is CCNc1cc(NCC(O)CC)nc(COCC)n1. The molecule has 0 radical (unpaired) electrons. The summed E-state index contributed by atoms with van der Waals surface area (Å²) in [6.45, 7) is 8.18. The molecule has 0 aliphatic carbocycles. The number of hydrogen-bond donors (Lipinski definition) is 3. The minimum atomic E-state index is -0.368. The zero-order chi connectivity index (χ0) is 14.1. The highest BCUT2D eigenvalue weighted by molar-refractivity contribution is 5.47. The van der Waals surface area contributed by atoms with E-state index < -0.39 is 0 Å². The van der Waals surface area contributed by atoms with Gasteiger partial charge in [0.15, 0.2) is 5.82 Å². The van der Waals surface area contributed by atoms with Gasteiger partial charge in [0.1, 0.15) is 18.2 Å². The van der Waals surface area contributed by atoms with Gasteiger partial charge in [-0.1, -0.05) is 6.92 Å². The van der Waals surface area contributed by atoms with Gasteiger partial charge in [-0.15, -0.1) is 0 Å². The van der Waals surface area contributed by atoms with Crippen LogP contribution in [0.3, 0.4) is 0 Å². The van der Waals surface area contributed by atoms with Gasteiger partial charge in [-0.2, -0.15) is 0 Å². The molecule has 108 valence electrons. The second kappa shape index (κ2) is 8.66. The van der Waals surface area contributed by atoms with Gasteiger partial charge >= 0.3 is 0 Å². The first-order chi connectivity index (χ1) is 9.19. The number of rotatable bonds is 9. The predicted molar refractivity (Wildman–Crippen MR) is 76.3 cm³/mol. The highest BCUT2D eigenvalue weighted by atomic mass is 16.5. The number of nitrogens with zero attached hydrogens (tertiary/aromatic N) is 2. The van der Waals surface area contributed by atoms with E-state index in [9.17, 15) is 5.11 Å². The minimum Gasteiger partial charge on any atom is -0.391 e. The van der Waals surface area contributed by atoms with Crippen molar-refractivity contribution < 1.29 is 9.84 Å². The largest absolute Gasteiger partial charge is 0.391 e. The Bertz CT molecular complexity index is 374. The van der Waals surface area contributed by atoms with Gasteiger partial charge in [-0.05, 0) is 20.3 Å². The normalized spacial score (nSPS) is 12.2. The Morgan fingerprint density at radius 1 is 1.21 bits per heavy atom. The van der Waals surface area contributed by atoms with Crippen molar-refractivity contribution in [2.75, 3.05) is 30.3 Å². The number of aliphatic hydroxyl groups excluding tert-OH is 1. The van der Waals surface area contributed by atoms with Crippen LogP contribution in [0.15, 0.2) is 6.07 Å². The van der Waals surface area contributed by atoms with Crippen LogP contribution in [0.5, 0.6) is 0 Å². The smallest absolute Gasteiger partial charge is 0.158 e. The fourth-order valence-corrected chi connectivity index (χ4v) is 1.48. The van der Waals surface area contributed by atoms with Crippen molar-refractivity contribution in [1.82, 2.24) is 9.97 Å². The first kappa shape index (κ1) is 15.7. The third-order valence-corrected chi connectivity index (χ3v) is 2.56. The molecule has 0 saturated heterocycles. The van der Waals surface area contributed by atoms with Crippen molar-refractivity contribution in [3.8, 4) is 0 Å². The molecule has 1 unspecified atom stereocenters. The first-order valence-electron chi connectivity index (χ1n) is 6.81. The molecule has 6 heteroatoms. The van der Waals surface area contributed by atoms with E-state index in [2.05, 4.69) is 20.6 Å². The summed E-state index contributed by atoms with van der Waals surface area (Å²) < 4.78 is 5.32. The molecule has 0 aliphatic rings. The lowest BCUT2D eigenvalue weighted by molar-refractivity contribution is 0.128. The maximum Gasteiger partial charge on any atom is 0.158 e. The lowest BCUT2D eigenvalue weighted by atomic mass is 10.3. The van der Waals surface area contributed by atoms with E-state index in [1.165, 1.54) is 0 Å². The average molecular weight is 268 g/mol. The third kappa shape index (κ3) is 5.85. The molecule has 1 aromatic rings. The maximum absolute atomic E-state index is 9.56. The van der Waals surface area contributed by atoms with Crippen LogP contribution in [0.2, 0.25) is 0 Å². The Hall–Kier alpha value is -1.40. The third-order valence-electron chi connectivity index (χ3n) is 2.56. The molecule has 6 nitrogen and oxygen atoms in total. The summed E-state index contributed by atoms with van der Waals surface area (Å²) in [5.41, 5.74) is 0. The van der Waals surface area contributed by atoms with Gasteiger partial charge in [-0.3, -0.25) is 0 Å². The maximum atomic E-state index is 9.56. The molecule has 0 aliphatic heterocycles. The first-order valence-corrected chi connectivity index (χ1v) is 6.81. The molecular formula is C13H24N4O2. The van der Waals surface area contributed by atoms with Crippen molar-refractivity contribution in [1.29, 1.82) is 0 Å². The zero-order valence-corrected chi connectivity index (χ0v) is 11.9. The summed E-state index contributed by atoms with van der Waals surface area (Å²) in [6.07, 6.45) is 0.345. The summed E-state index contributed by atoms with van der Waals surface area (Å²) in [5.74, 6) is 2.10. The number of anilines is 2. The Kier molecular flexibility index (Phi) is 7.14. The number of aromatic nitrogens is 2. The molecule has 0 saturated carbocycles. The van der Waals surface area contributed by atoms with Gasteiger partial charge in [0.25, 0.3) is 0 Å². The van der Waals surface area contributed by atoms with Crippen LogP contribution in [0, 0.1) is 0 Å². The molecule has 1 atom stereocenters. The molecule has 3 N–H and O–H groups in total. The van der Waals surface area contributed by atoms with E-state index in [1.807, 2.05) is 26.8 Å². The van der Waals surface area contributed by atoms with Gasteiger partial charge < -0.3 is 20.5 Å². The highest BCUT2D eigenvalue weighted by Crippen LogP contribution is 2.12. The second-order valence-corrected chi connectivity index (χ2v) is 4.17. The standard InChI is InChI=1S/C13H24N4O2/c1-4-10(18)8-15-12-7-11(14-5-2)16-13(17-12)9-19-6-3/h7,10,18H,4-6,8-9H2,1-3H3,(H2,14,15,16,17). The van der Waals surface area contributed by atoms with Crippen molar-refractivity contribution >= 4 is 11.6 Å². The van der Waals surface area contributed by atoms with E-state index in [1.54, 1.807) is 0 Å². The Balaban J connectivity index is 2.73. The van der Waals surface area contributed by atoms with Crippen LogP contribution in [0.1, 0.15) is 33.0 Å². The van der Waals surface area contributed by atoms with Gasteiger partial charge in [-0.25, -0.2) is 9.97 Å². The zero-order valence-electron chi connectivity index (χ0n) is 11.9. The minimum absolute atomic E-state index is 0.368. The summed E-state index contributed by atoms with van der Waals surface area (Å²) >= 11 is 0. The van der Waals surface area contributed by atoms with E-state index in [-0.39, 0.29) is 6.10 Å². The number of aliphatic hydroxyl groups is 1. The Morgan fingerprint density at radius 3 is 2.47 bits per heavy atom. The molecule has 0 aromatic carbocycles. The van der Waals surface area contributed by atoms with Crippen molar-refractivity contribution in [3.63, 3.8) is 0 Å². The van der Waals surface area contributed by atoms with Crippen molar-refractivity contribution in [2.24, 2.45) is 0 Å². The molecular weight excluding hydrogens is 244 g/mol. The van der Waals surface area contributed by atoms with Crippen molar-refractivity contribution in [2.45, 2.75) is 39.9 Å². The molecule has 0 amide bonds. The summed E-state index contributed by atoms with van der Waals surface area (Å²) in [5, 5.41) is 15.8. The van der Waals surface area contributed by atoms with E-state index in [0.717, 1.165) is 12.4 Å². The van der Waals surface area contributed by atoms with Gasteiger partial charge in [0, 0.05) is 25.8 Å². The molecule has 1 heterocycles. The Labute approximate surface area is 114 Å². The summed E-state index contributed by atoms with van der Waals surface area (Å²) in [6, 6.07) is 1.83. The van der Waals surface area contributed by atoms with Gasteiger partial charge in [0.05, 0.1) is 6.10 Å². The molecule has 1 rings (SSSR count). The highest BCUT2D eigenvalue weighted by Gasteiger charge is 2.06. The molecule has 0 spiro atoms. The molecule has 0 fully saturated rings. The van der Waals surface area contributed by atoms with E-state index in [4.69, 9.17) is 4.74 Å². The van der Waals surface area contributed by atoms with Crippen LogP contribution >= 0.6 is 0 Å². The van der Waals surface area contributed by atoms with E-state index in [0.29, 0.717) is 37.8 Å². The van der Waals surface area contributed by atoms with Crippen LogP contribution in [0.25, 0.3) is 0 Å². The van der Waals surface area contributed by atoms with Crippen LogP contribution in [-0.2, 0) is 11.3 Å². The topological polar surface area (TPSA) is 79.3 Å². The van der Waals surface area contributed by atoms with E-state index >= 15 is 0 Å². The lowest BCUT2D eigenvalue weighted by Gasteiger charge is -2.12. The molecule has 0 bridgehead atoms. The fourth-order valence-electron chi connectivity index (χ4n) is 1.48. The lowest BCUT2D eigenvalue weighted by Crippen LogP contribution is -2.19. The molecule has 1 aromatic heterocycles. The predicted octanol–water partition coefficient (Wildman–Crippen LogP) is 1.63. The summed E-state index contributed by atoms with van der Waals surface area (Å²) in [7, 11) is 0. The van der Waals surface area contributed by atoms with Crippen LogP contribution in [-0.4, -0.2) is 40.9 Å². The van der Waals surface area contributed by atoms with Gasteiger partial charge in [0.2, 0.25) is 0 Å². The van der Waals surface area contributed by atoms with Crippen LogP contribution in [0.4, 0.5) is 11.6 Å². The summed E-state index contributed by atoms with van der Waals surface area (Å²) in [4.78, 5) is 8.72. The van der Waals surface area contributed by atoms with Crippen LogP contribution < -0.4 is 10.6 Å². The number of nitrogens with one attached hydrogen (secondary N) is 2.